The zero-order valence-corrected chi connectivity index (χ0v) is 17.0. The molecule has 0 fully saturated rings. The van der Waals surface area contributed by atoms with Crippen molar-refractivity contribution >= 4 is 27.5 Å². The number of aryl methyl sites for hydroxylation is 1. The third-order valence-corrected chi connectivity index (χ3v) is 5.17. The van der Waals surface area contributed by atoms with Gasteiger partial charge < -0.3 is 10.5 Å². The highest BCUT2D eigenvalue weighted by molar-refractivity contribution is 9.10. The zero-order chi connectivity index (χ0) is 19.8. The van der Waals surface area contributed by atoms with Crippen LogP contribution >= 0.6 is 15.9 Å². The molecule has 2 heterocycles. The van der Waals surface area contributed by atoms with Crippen molar-refractivity contribution in [1.82, 2.24) is 14.8 Å². The molecule has 2 N–H and O–H groups in total. The van der Waals surface area contributed by atoms with Gasteiger partial charge in [0.15, 0.2) is 5.82 Å². The molecule has 142 valence electrons. The van der Waals surface area contributed by atoms with E-state index in [1.54, 1.807) is 7.11 Å². The Morgan fingerprint density at radius 1 is 1.21 bits per heavy atom. The van der Waals surface area contributed by atoms with Crippen LogP contribution in [0.1, 0.15) is 35.2 Å². The molecular weight excluding hydrogens is 422 g/mol. The fourth-order valence-electron chi connectivity index (χ4n) is 3.37. The molecule has 4 rings (SSSR count). The van der Waals surface area contributed by atoms with E-state index in [9.17, 15) is 4.79 Å². The van der Waals surface area contributed by atoms with Gasteiger partial charge in [-0.25, -0.2) is 0 Å². The highest BCUT2D eigenvalue weighted by Crippen LogP contribution is 2.34. The smallest absolute Gasteiger partial charge is 0.220 e. The molecule has 0 saturated carbocycles. The molecule has 1 atom stereocenters. The second-order valence-corrected chi connectivity index (χ2v) is 7.41. The molecule has 1 aliphatic rings. The number of hydrogen-bond acceptors (Lipinski definition) is 5. The standard InChI is InChI=1S/C20H18BrN5O2/c1-11-24-25-20-16(10-18(22)27)23-19(12-3-5-13(21)6-4-12)15-9-14(28-2)7-8-17(15)26(11)20/h3-9,16H,10H2,1-2H3,(H2,22,27)/t16-/m0/s1. The molecule has 1 amide bonds. The van der Waals surface area contributed by atoms with E-state index in [0.29, 0.717) is 17.4 Å². The van der Waals surface area contributed by atoms with Gasteiger partial charge in [0, 0.05) is 15.6 Å². The van der Waals surface area contributed by atoms with E-state index in [4.69, 9.17) is 15.5 Å². The van der Waals surface area contributed by atoms with Crippen molar-refractivity contribution in [3.05, 3.63) is 69.7 Å². The first kappa shape index (κ1) is 18.4. The molecule has 2 aromatic carbocycles. The van der Waals surface area contributed by atoms with Gasteiger partial charge in [0.2, 0.25) is 5.91 Å². The maximum Gasteiger partial charge on any atom is 0.220 e. The van der Waals surface area contributed by atoms with Gasteiger partial charge >= 0.3 is 0 Å². The second kappa shape index (κ2) is 7.20. The van der Waals surface area contributed by atoms with Crippen LogP contribution in [-0.2, 0) is 4.79 Å². The number of carbonyl (C=O) groups excluding carboxylic acids is 1. The van der Waals surface area contributed by atoms with Gasteiger partial charge in [-0.15, -0.1) is 10.2 Å². The lowest BCUT2D eigenvalue weighted by Crippen LogP contribution is -2.17. The van der Waals surface area contributed by atoms with Crippen molar-refractivity contribution in [1.29, 1.82) is 0 Å². The normalized spacial score (nSPS) is 15.2. The fourth-order valence-corrected chi connectivity index (χ4v) is 3.63. The van der Waals surface area contributed by atoms with Crippen LogP contribution in [0.15, 0.2) is 51.9 Å². The van der Waals surface area contributed by atoms with Crippen LogP contribution in [0.4, 0.5) is 0 Å². The molecule has 0 spiro atoms. The number of ether oxygens (including phenoxy) is 1. The first-order valence-corrected chi connectivity index (χ1v) is 9.50. The van der Waals surface area contributed by atoms with Gasteiger partial charge in [-0.2, -0.15) is 0 Å². The van der Waals surface area contributed by atoms with Crippen molar-refractivity contribution in [2.45, 2.75) is 19.4 Å². The minimum atomic E-state index is -0.532. The van der Waals surface area contributed by atoms with Crippen molar-refractivity contribution in [3.8, 4) is 11.4 Å². The maximum atomic E-state index is 11.7. The van der Waals surface area contributed by atoms with E-state index in [2.05, 4.69) is 26.1 Å². The van der Waals surface area contributed by atoms with E-state index in [1.165, 1.54) is 0 Å². The first-order valence-electron chi connectivity index (χ1n) is 8.70. The highest BCUT2D eigenvalue weighted by atomic mass is 79.9. The predicted octanol–water partition coefficient (Wildman–Crippen LogP) is 3.11. The number of fused-ring (bicyclic) bond motifs is 3. The van der Waals surface area contributed by atoms with Gasteiger partial charge in [-0.05, 0) is 37.3 Å². The summed E-state index contributed by atoms with van der Waals surface area (Å²) in [4.78, 5) is 16.6. The molecule has 1 aromatic heterocycles. The summed E-state index contributed by atoms with van der Waals surface area (Å²) in [5.41, 5.74) is 8.92. The number of methoxy groups -OCH3 is 1. The average molecular weight is 440 g/mol. The maximum absolute atomic E-state index is 11.7. The first-order chi connectivity index (χ1) is 13.5. The summed E-state index contributed by atoms with van der Waals surface area (Å²) >= 11 is 3.47. The number of halogens is 1. The summed E-state index contributed by atoms with van der Waals surface area (Å²) in [7, 11) is 1.63. The number of aromatic nitrogens is 3. The Balaban J connectivity index is 2.02. The molecule has 1 aliphatic heterocycles. The molecule has 0 aliphatic carbocycles. The Morgan fingerprint density at radius 2 is 1.96 bits per heavy atom. The number of rotatable bonds is 4. The Kier molecular flexibility index (Phi) is 4.72. The Labute approximate surface area is 170 Å². The van der Waals surface area contributed by atoms with Crippen LogP contribution in [0.3, 0.4) is 0 Å². The van der Waals surface area contributed by atoms with Gasteiger partial charge in [0.05, 0.1) is 24.9 Å². The monoisotopic (exact) mass is 439 g/mol. The SMILES string of the molecule is COc1ccc2c(c1)C(c1ccc(Br)cc1)=N[C@@H](CC(N)=O)c1nnc(C)n1-2. The van der Waals surface area contributed by atoms with Crippen molar-refractivity contribution in [2.75, 3.05) is 7.11 Å². The molecule has 8 heteroatoms. The van der Waals surface area contributed by atoms with E-state index in [1.807, 2.05) is 54.0 Å². The van der Waals surface area contributed by atoms with Gasteiger partial charge in [-0.1, -0.05) is 28.1 Å². The third kappa shape index (κ3) is 3.20. The number of carbonyl (C=O) groups is 1. The lowest BCUT2D eigenvalue weighted by Gasteiger charge is -2.14. The second-order valence-electron chi connectivity index (χ2n) is 6.49. The number of nitrogens with two attached hydrogens (primary N) is 1. The summed E-state index contributed by atoms with van der Waals surface area (Å²) in [6, 6.07) is 13.1. The highest BCUT2D eigenvalue weighted by Gasteiger charge is 2.29. The number of primary amides is 1. The summed E-state index contributed by atoms with van der Waals surface area (Å²) < 4.78 is 8.34. The number of hydrogen-bond donors (Lipinski definition) is 1. The molecule has 0 radical (unpaired) electrons. The predicted molar refractivity (Wildman–Crippen MR) is 109 cm³/mol. The molecule has 0 bridgehead atoms. The number of aliphatic imine (C=N–C) groups is 1. The minimum absolute atomic E-state index is 0.0449. The lowest BCUT2D eigenvalue weighted by molar-refractivity contribution is -0.118. The van der Waals surface area contributed by atoms with Gasteiger partial charge in [0.25, 0.3) is 0 Å². The zero-order valence-electron chi connectivity index (χ0n) is 15.4. The van der Waals surface area contributed by atoms with E-state index in [-0.39, 0.29) is 6.42 Å². The average Bonchev–Trinajstić information content (AvgIpc) is 3.00. The topological polar surface area (TPSA) is 95.4 Å². The molecular formula is C20H18BrN5O2. The molecule has 0 unspecified atom stereocenters. The number of amides is 1. The van der Waals surface area contributed by atoms with Gasteiger partial charge in [0.1, 0.15) is 17.6 Å². The van der Waals surface area contributed by atoms with Crippen LogP contribution in [0.25, 0.3) is 5.69 Å². The van der Waals surface area contributed by atoms with Crippen LogP contribution < -0.4 is 10.5 Å². The van der Waals surface area contributed by atoms with Crippen molar-refractivity contribution in [3.63, 3.8) is 0 Å². The quantitative estimate of drug-likeness (QED) is 0.675. The van der Waals surface area contributed by atoms with Crippen LogP contribution in [0.5, 0.6) is 5.75 Å². The van der Waals surface area contributed by atoms with Crippen LogP contribution in [0, 0.1) is 6.92 Å². The van der Waals surface area contributed by atoms with E-state index >= 15 is 0 Å². The van der Waals surface area contributed by atoms with Crippen LogP contribution in [-0.4, -0.2) is 33.5 Å². The summed E-state index contributed by atoms with van der Waals surface area (Å²) in [5.74, 6) is 1.57. The molecule has 7 nitrogen and oxygen atoms in total. The molecule has 28 heavy (non-hydrogen) atoms. The Morgan fingerprint density at radius 3 is 2.64 bits per heavy atom. The van der Waals surface area contributed by atoms with Crippen molar-refractivity contribution < 1.29 is 9.53 Å². The van der Waals surface area contributed by atoms with E-state index < -0.39 is 11.9 Å². The largest absolute Gasteiger partial charge is 0.497 e. The lowest BCUT2D eigenvalue weighted by atomic mass is 10.00. The minimum Gasteiger partial charge on any atom is -0.497 e. The summed E-state index contributed by atoms with van der Waals surface area (Å²) in [6.07, 6.45) is 0.0449. The van der Waals surface area contributed by atoms with Crippen molar-refractivity contribution in [2.24, 2.45) is 10.7 Å². The number of benzene rings is 2. The third-order valence-electron chi connectivity index (χ3n) is 4.64. The summed E-state index contributed by atoms with van der Waals surface area (Å²) in [5, 5.41) is 8.50. The fraction of sp³-hybridized carbons (Fsp3) is 0.200. The Bertz CT molecular complexity index is 1090. The number of nitrogens with zero attached hydrogens (tertiary/aromatic N) is 4. The summed E-state index contributed by atoms with van der Waals surface area (Å²) in [6.45, 7) is 1.87. The van der Waals surface area contributed by atoms with Crippen LogP contribution in [0.2, 0.25) is 0 Å². The van der Waals surface area contributed by atoms with Gasteiger partial charge in [-0.3, -0.25) is 14.4 Å². The Hall–Kier alpha value is -3.00. The molecule has 0 saturated heterocycles. The van der Waals surface area contributed by atoms with E-state index in [0.717, 1.165) is 27.0 Å². The molecule has 3 aromatic rings.